The van der Waals surface area contributed by atoms with Crippen LogP contribution in [0.1, 0.15) is 12.8 Å². The molecule has 4 nitrogen and oxygen atoms in total. The number of aromatic nitrogens is 2. The van der Waals surface area contributed by atoms with Crippen molar-refractivity contribution in [2.45, 2.75) is 18.5 Å². The highest BCUT2D eigenvalue weighted by Crippen LogP contribution is 2.29. The molecule has 6 heteroatoms. The number of anilines is 1. The number of para-hydroxylation sites is 2. The number of rotatable bonds is 2. The number of alkyl halides is 1. The van der Waals surface area contributed by atoms with Gasteiger partial charge in [0.05, 0.1) is 17.6 Å². The second kappa shape index (κ2) is 4.94. The van der Waals surface area contributed by atoms with E-state index >= 15 is 0 Å². The molecule has 1 aliphatic heterocycles. The molecule has 1 saturated heterocycles. The molecule has 1 aromatic carbocycles. The fourth-order valence-corrected chi connectivity index (χ4v) is 2.45. The van der Waals surface area contributed by atoms with Crippen molar-refractivity contribution in [1.29, 1.82) is 0 Å². The van der Waals surface area contributed by atoms with Gasteiger partial charge in [-0.15, -0.1) is 0 Å². The summed E-state index contributed by atoms with van der Waals surface area (Å²) in [5.74, 6) is -0.484. The second-order valence-corrected chi connectivity index (χ2v) is 5.12. The van der Waals surface area contributed by atoms with Gasteiger partial charge in [-0.3, -0.25) is 0 Å². The van der Waals surface area contributed by atoms with Gasteiger partial charge in [-0.25, -0.2) is 14.4 Å². The summed E-state index contributed by atoms with van der Waals surface area (Å²) in [5, 5.41) is 9.01. The van der Waals surface area contributed by atoms with E-state index in [0.29, 0.717) is 24.1 Å². The Kier molecular flexibility index (Phi) is 3.25. The van der Waals surface area contributed by atoms with E-state index in [1.54, 1.807) is 23.1 Å². The van der Waals surface area contributed by atoms with E-state index in [1.165, 1.54) is 0 Å². The van der Waals surface area contributed by atoms with Gasteiger partial charge in [0.25, 0.3) is 5.95 Å². The summed E-state index contributed by atoms with van der Waals surface area (Å²) in [4.78, 5) is 9.85. The van der Waals surface area contributed by atoms with Crippen LogP contribution in [0.3, 0.4) is 0 Å². The molecule has 0 radical (unpaired) electrons. The third-order valence-corrected chi connectivity index (χ3v) is 3.75. The topological polar surface area (TPSA) is 49.2 Å². The molecule has 3 rings (SSSR count). The normalized spacial score (nSPS) is 18.4. The zero-order valence-corrected chi connectivity index (χ0v) is 10.9. The Labute approximate surface area is 115 Å². The van der Waals surface area contributed by atoms with Crippen molar-refractivity contribution in [2.24, 2.45) is 0 Å². The van der Waals surface area contributed by atoms with Crippen molar-refractivity contribution in [2.75, 3.05) is 24.6 Å². The van der Waals surface area contributed by atoms with Crippen molar-refractivity contribution in [3.05, 3.63) is 30.2 Å². The fourth-order valence-electron chi connectivity index (χ4n) is 2.45. The van der Waals surface area contributed by atoms with Crippen LogP contribution in [0.2, 0.25) is 0 Å². The Morgan fingerprint density at radius 1 is 1.15 bits per heavy atom. The van der Waals surface area contributed by atoms with Gasteiger partial charge in [0.15, 0.2) is 5.82 Å². The number of fused-ring (bicyclic) bond motifs is 1. The quantitative estimate of drug-likeness (QED) is 0.914. The van der Waals surface area contributed by atoms with Crippen LogP contribution in [0.25, 0.3) is 11.0 Å². The van der Waals surface area contributed by atoms with E-state index in [4.69, 9.17) is 5.11 Å². The minimum Gasteiger partial charge on any atom is -0.393 e. The molecule has 1 fully saturated rings. The smallest absolute Gasteiger partial charge is 0.256 e. The fraction of sp³-hybridized carbons (Fsp3) is 0.429. The van der Waals surface area contributed by atoms with Crippen LogP contribution in [0.5, 0.6) is 0 Å². The lowest BCUT2D eigenvalue weighted by atomic mass is 9.94. The number of aliphatic hydroxyl groups is 1. The van der Waals surface area contributed by atoms with Gasteiger partial charge in [-0.1, -0.05) is 12.1 Å². The van der Waals surface area contributed by atoms with Gasteiger partial charge in [-0.2, -0.15) is 4.39 Å². The Bertz CT molecular complexity index is 627. The molecule has 1 aromatic heterocycles. The number of aliphatic hydroxyl groups excluding tert-OH is 1. The molecule has 1 aliphatic rings. The molecule has 0 spiro atoms. The van der Waals surface area contributed by atoms with E-state index in [2.05, 4.69) is 9.97 Å². The highest BCUT2D eigenvalue weighted by Gasteiger charge is 2.35. The zero-order chi connectivity index (χ0) is 14.2. The number of hydrogen-bond acceptors (Lipinski definition) is 4. The number of nitrogens with zero attached hydrogens (tertiary/aromatic N) is 3. The summed E-state index contributed by atoms with van der Waals surface area (Å²) in [6.45, 7) is 0.148. The largest absolute Gasteiger partial charge is 0.393 e. The average Bonchev–Trinajstić information content (AvgIpc) is 2.48. The highest BCUT2D eigenvalue weighted by atomic mass is 19.1. The lowest BCUT2D eigenvalue weighted by Crippen LogP contribution is -2.44. The molecule has 20 heavy (non-hydrogen) atoms. The minimum absolute atomic E-state index is 0.156. The van der Waals surface area contributed by atoms with Gasteiger partial charge < -0.3 is 10.0 Å². The van der Waals surface area contributed by atoms with Gasteiger partial charge >= 0.3 is 0 Å². The summed E-state index contributed by atoms with van der Waals surface area (Å²) < 4.78 is 28.0. The third-order valence-electron chi connectivity index (χ3n) is 3.75. The number of hydrogen-bond donors (Lipinski definition) is 1. The Morgan fingerprint density at radius 2 is 1.75 bits per heavy atom. The summed E-state index contributed by atoms with van der Waals surface area (Å²) in [6.07, 6.45) is 0.328. The molecule has 1 N–H and O–H groups in total. The maximum Gasteiger partial charge on any atom is 0.256 e. The van der Waals surface area contributed by atoms with Crippen molar-refractivity contribution in [3.63, 3.8) is 0 Å². The molecule has 2 aromatic rings. The first-order valence-electron chi connectivity index (χ1n) is 6.58. The second-order valence-electron chi connectivity index (χ2n) is 5.12. The van der Waals surface area contributed by atoms with Crippen molar-refractivity contribution >= 4 is 16.9 Å². The van der Waals surface area contributed by atoms with Crippen LogP contribution in [0, 0.1) is 5.95 Å². The minimum atomic E-state index is -1.56. The van der Waals surface area contributed by atoms with E-state index in [-0.39, 0.29) is 18.7 Å². The lowest BCUT2D eigenvalue weighted by Gasteiger charge is -2.35. The summed E-state index contributed by atoms with van der Waals surface area (Å²) >= 11 is 0. The van der Waals surface area contributed by atoms with Crippen LogP contribution in [-0.4, -0.2) is 40.4 Å². The first kappa shape index (κ1) is 13.2. The Morgan fingerprint density at radius 3 is 2.35 bits per heavy atom. The standard InChI is InChI=1S/C14H15F2N3O/c15-12-13(18-11-4-2-1-3-10(11)17-12)19-7-5-14(16,9-20)6-8-19/h1-4,20H,5-9H2. The highest BCUT2D eigenvalue weighted by molar-refractivity contribution is 5.75. The number of halogens is 2. The van der Waals surface area contributed by atoms with Crippen LogP contribution < -0.4 is 4.90 Å². The molecular formula is C14H15F2N3O. The summed E-state index contributed by atoms with van der Waals surface area (Å²) in [5.41, 5.74) is -0.443. The predicted octanol–water partition coefficient (Wildman–Crippen LogP) is 2.07. The van der Waals surface area contributed by atoms with E-state index in [9.17, 15) is 8.78 Å². The Balaban J connectivity index is 1.89. The summed E-state index contributed by atoms with van der Waals surface area (Å²) in [6, 6.07) is 7.05. The maximum absolute atomic E-state index is 14.0. The average molecular weight is 279 g/mol. The zero-order valence-electron chi connectivity index (χ0n) is 10.9. The van der Waals surface area contributed by atoms with Gasteiger partial charge in [0.2, 0.25) is 0 Å². The number of piperidine rings is 1. The summed E-state index contributed by atoms with van der Waals surface area (Å²) in [7, 11) is 0. The van der Waals surface area contributed by atoms with Gasteiger partial charge in [0.1, 0.15) is 5.67 Å². The van der Waals surface area contributed by atoms with E-state index < -0.39 is 18.2 Å². The molecule has 0 saturated carbocycles. The van der Waals surface area contributed by atoms with Crippen molar-refractivity contribution < 1.29 is 13.9 Å². The predicted molar refractivity (Wildman–Crippen MR) is 71.9 cm³/mol. The molecular weight excluding hydrogens is 264 g/mol. The molecule has 0 atom stereocenters. The van der Waals surface area contributed by atoms with E-state index in [0.717, 1.165) is 0 Å². The van der Waals surface area contributed by atoms with Crippen LogP contribution in [-0.2, 0) is 0 Å². The third kappa shape index (κ3) is 2.31. The van der Waals surface area contributed by atoms with Gasteiger partial charge in [-0.05, 0) is 12.1 Å². The van der Waals surface area contributed by atoms with Crippen LogP contribution in [0.15, 0.2) is 24.3 Å². The molecule has 0 amide bonds. The number of benzene rings is 1. The van der Waals surface area contributed by atoms with E-state index in [1.807, 2.05) is 6.07 Å². The molecule has 0 bridgehead atoms. The first-order valence-corrected chi connectivity index (χ1v) is 6.58. The molecule has 106 valence electrons. The van der Waals surface area contributed by atoms with Gasteiger partial charge in [0, 0.05) is 25.9 Å². The molecule has 0 aliphatic carbocycles. The monoisotopic (exact) mass is 279 g/mol. The van der Waals surface area contributed by atoms with Crippen molar-refractivity contribution in [3.8, 4) is 0 Å². The van der Waals surface area contributed by atoms with Crippen LogP contribution in [0.4, 0.5) is 14.6 Å². The van der Waals surface area contributed by atoms with Crippen LogP contribution >= 0.6 is 0 Å². The molecule has 0 unspecified atom stereocenters. The first-order chi connectivity index (χ1) is 9.61. The Hall–Kier alpha value is -1.82. The van der Waals surface area contributed by atoms with Crippen molar-refractivity contribution in [1.82, 2.24) is 9.97 Å². The SMILES string of the molecule is OCC1(F)CCN(c2nc3ccccc3nc2F)CC1. The molecule has 2 heterocycles. The lowest BCUT2D eigenvalue weighted by molar-refractivity contribution is 0.0479. The maximum atomic E-state index is 14.0.